The lowest BCUT2D eigenvalue weighted by molar-refractivity contribution is -0.114. The van der Waals surface area contributed by atoms with Crippen molar-refractivity contribution < 1.29 is 23.4 Å². The van der Waals surface area contributed by atoms with Crippen LogP contribution in [-0.4, -0.2) is 30.2 Å². The van der Waals surface area contributed by atoms with Gasteiger partial charge < -0.3 is 15.5 Å². The van der Waals surface area contributed by atoms with Crippen molar-refractivity contribution in [2.75, 3.05) is 5.32 Å². The number of aromatic hydroxyl groups is 2. The summed E-state index contributed by atoms with van der Waals surface area (Å²) < 4.78 is 25.3. The molecule has 3 rings (SSSR count). The molecule has 0 aliphatic rings. The summed E-state index contributed by atoms with van der Waals surface area (Å²) in [7, 11) is -4.02. The fourth-order valence-corrected chi connectivity index (χ4v) is 3.49. The van der Waals surface area contributed by atoms with Crippen LogP contribution in [-0.2, 0) is 14.8 Å². The number of anilines is 1. The van der Waals surface area contributed by atoms with Crippen LogP contribution in [0.2, 0.25) is 0 Å². The number of sulfonamides is 1. The molecule has 8 nitrogen and oxygen atoms in total. The fourth-order valence-electron chi connectivity index (χ4n) is 2.68. The van der Waals surface area contributed by atoms with Crippen LogP contribution in [0.1, 0.15) is 18.1 Å². The van der Waals surface area contributed by atoms with E-state index in [4.69, 9.17) is 0 Å². The monoisotopic (exact) mass is 425 g/mol. The molecule has 0 bridgehead atoms. The molecule has 0 radical (unpaired) electrons. The van der Waals surface area contributed by atoms with Gasteiger partial charge in [0.2, 0.25) is 5.91 Å². The molecule has 154 valence electrons. The summed E-state index contributed by atoms with van der Waals surface area (Å²) in [6, 6.07) is 18.2. The number of rotatable bonds is 6. The minimum Gasteiger partial charge on any atom is -0.508 e. The highest BCUT2D eigenvalue weighted by atomic mass is 32.2. The summed E-state index contributed by atoms with van der Waals surface area (Å²) in [5.74, 6) is -0.658. The van der Waals surface area contributed by atoms with Gasteiger partial charge in [0.1, 0.15) is 17.2 Å². The second-order valence-electron chi connectivity index (χ2n) is 6.33. The van der Waals surface area contributed by atoms with E-state index in [1.165, 1.54) is 43.3 Å². The van der Waals surface area contributed by atoms with Gasteiger partial charge in [-0.1, -0.05) is 30.3 Å². The second-order valence-corrected chi connectivity index (χ2v) is 7.99. The summed E-state index contributed by atoms with van der Waals surface area (Å²) >= 11 is 0. The Morgan fingerprint density at radius 2 is 1.60 bits per heavy atom. The third-order valence-electron chi connectivity index (χ3n) is 4.05. The van der Waals surface area contributed by atoms with E-state index >= 15 is 0 Å². The van der Waals surface area contributed by atoms with Gasteiger partial charge in [0, 0.05) is 29.8 Å². The number of nitrogens with zero attached hydrogens (tertiary/aromatic N) is 1. The first-order chi connectivity index (χ1) is 14.3. The van der Waals surface area contributed by atoms with Gasteiger partial charge in [-0.15, -0.1) is 0 Å². The SMILES string of the molecule is CC(=O)Nc1ccc(S(=O)(=O)N/N=C(/c2ccccc2)c2ccc(O)cc2O)cc1. The van der Waals surface area contributed by atoms with Crippen LogP contribution in [0.15, 0.2) is 82.8 Å². The van der Waals surface area contributed by atoms with Crippen LogP contribution in [0.25, 0.3) is 0 Å². The van der Waals surface area contributed by atoms with Crippen LogP contribution in [0, 0.1) is 0 Å². The Hall–Kier alpha value is -3.85. The lowest BCUT2D eigenvalue weighted by atomic mass is 10.0. The number of hydrogen-bond donors (Lipinski definition) is 4. The van der Waals surface area contributed by atoms with E-state index in [0.717, 1.165) is 6.07 Å². The van der Waals surface area contributed by atoms with Gasteiger partial charge in [-0.25, -0.2) is 0 Å². The van der Waals surface area contributed by atoms with Gasteiger partial charge in [-0.3, -0.25) is 4.79 Å². The van der Waals surface area contributed by atoms with Gasteiger partial charge in [0.25, 0.3) is 10.0 Å². The first kappa shape index (κ1) is 20.9. The third-order valence-corrected chi connectivity index (χ3v) is 5.27. The van der Waals surface area contributed by atoms with Crippen LogP contribution >= 0.6 is 0 Å². The Kier molecular flexibility index (Phi) is 6.03. The zero-order valence-corrected chi connectivity index (χ0v) is 16.7. The lowest BCUT2D eigenvalue weighted by Crippen LogP contribution is -2.21. The minimum atomic E-state index is -4.02. The predicted molar refractivity (Wildman–Crippen MR) is 113 cm³/mol. The zero-order chi connectivity index (χ0) is 21.7. The van der Waals surface area contributed by atoms with Crippen LogP contribution in [0.4, 0.5) is 5.69 Å². The third kappa shape index (κ3) is 4.95. The highest BCUT2D eigenvalue weighted by Gasteiger charge is 2.17. The van der Waals surface area contributed by atoms with Crippen LogP contribution in [0.5, 0.6) is 11.5 Å². The molecule has 30 heavy (non-hydrogen) atoms. The van der Waals surface area contributed by atoms with Gasteiger partial charge in [-0.05, 0) is 36.4 Å². The Morgan fingerprint density at radius 1 is 0.933 bits per heavy atom. The van der Waals surface area contributed by atoms with Gasteiger partial charge in [0.05, 0.1) is 4.90 Å². The van der Waals surface area contributed by atoms with E-state index < -0.39 is 10.0 Å². The average molecular weight is 425 g/mol. The molecule has 3 aromatic carbocycles. The van der Waals surface area contributed by atoms with Crippen LogP contribution in [0.3, 0.4) is 0 Å². The van der Waals surface area contributed by atoms with Crippen molar-refractivity contribution >= 4 is 27.3 Å². The Bertz CT molecular complexity index is 1190. The number of carbonyl (C=O) groups excluding carboxylic acids is 1. The molecule has 3 aromatic rings. The van der Waals surface area contributed by atoms with Gasteiger partial charge in [0.15, 0.2) is 0 Å². The predicted octanol–water partition coefficient (Wildman–Crippen LogP) is 2.79. The molecule has 0 fully saturated rings. The highest BCUT2D eigenvalue weighted by Crippen LogP contribution is 2.25. The normalized spacial score (nSPS) is 11.7. The molecule has 0 unspecified atom stereocenters. The molecule has 9 heteroatoms. The number of phenols is 2. The van der Waals surface area contributed by atoms with Crippen molar-refractivity contribution in [1.29, 1.82) is 0 Å². The van der Waals surface area contributed by atoms with E-state index in [2.05, 4.69) is 15.2 Å². The maximum atomic E-state index is 12.7. The number of carbonyl (C=O) groups is 1. The smallest absolute Gasteiger partial charge is 0.276 e. The summed E-state index contributed by atoms with van der Waals surface area (Å²) in [4.78, 5) is 13.2. The molecule has 0 atom stereocenters. The number of hydrogen-bond acceptors (Lipinski definition) is 6. The first-order valence-electron chi connectivity index (χ1n) is 8.81. The number of benzene rings is 3. The van der Waals surface area contributed by atoms with E-state index in [9.17, 15) is 23.4 Å². The summed E-state index contributed by atoms with van der Waals surface area (Å²) in [5.41, 5.74) is 1.43. The van der Waals surface area contributed by atoms with E-state index in [1.807, 2.05) is 0 Å². The van der Waals surface area contributed by atoms with E-state index in [-0.39, 0.29) is 33.6 Å². The Balaban J connectivity index is 1.96. The largest absolute Gasteiger partial charge is 0.508 e. The molecular weight excluding hydrogens is 406 g/mol. The summed E-state index contributed by atoms with van der Waals surface area (Å²) in [6.45, 7) is 1.35. The number of amides is 1. The molecule has 4 N–H and O–H groups in total. The fraction of sp³-hybridized carbons (Fsp3) is 0.0476. The minimum absolute atomic E-state index is 0.0531. The second kappa shape index (κ2) is 8.66. The first-order valence-corrected chi connectivity index (χ1v) is 10.3. The Labute approximate surface area is 173 Å². The van der Waals surface area contributed by atoms with E-state index in [0.29, 0.717) is 11.3 Å². The lowest BCUT2D eigenvalue weighted by Gasteiger charge is -2.11. The van der Waals surface area contributed by atoms with Gasteiger partial charge >= 0.3 is 0 Å². The van der Waals surface area contributed by atoms with Crippen LogP contribution < -0.4 is 10.1 Å². The quantitative estimate of drug-likeness (QED) is 0.357. The van der Waals surface area contributed by atoms with Crippen molar-refractivity contribution in [2.45, 2.75) is 11.8 Å². The number of hydrazone groups is 1. The van der Waals surface area contributed by atoms with Crippen molar-refractivity contribution in [3.05, 3.63) is 83.9 Å². The van der Waals surface area contributed by atoms with Crippen molar-refractivity contribution in [2.24, 2.45) is 5.10 Å². The van der Waals surface area contributed by atoms with Gasteiger partial charge in [-0.2, -0.15) is 18.4 Å². The molecular formula is C21H19N3O5S. The van der Waals surface area contributed by atoms with Crippen molar-refractivity contribution in [3.8, 4) is 11.5 Å². The molecule has 0 saturated heterocycles. The molecule has 0 aliphatic heterocycles. The molecule has 1 amide bonds. The highest BCUT2D eigenvalue weighted by molar-refractivity contribution is 7.89. The standard InChI is InChI=1S/C21H19N3O5S/c1-14(25)22-16-7-10-18(11-8-16)30(28,29)24-23-21(15-5-3-2-4-6-15)19-12-9-17(26)13-20(19)27/h2-13,24,26-27H,1H3,(H,22,25)/b23-21-. The van der Waals surface area contributed by atoms with E-state index in [1.54, 1.807) is 30.3 Å². The number of phenolic OH excluding ortho intramolecular Hbond substituents is 2. The molecule has 0 saturated carbocycles. The molecule has 0 heterocycles. The molecule has 0 aliphatic carbocycles. The summed E-state index contributed by atoms with van der Waals surface area (Å²) in [5, 5.41) is 26.4. The maximum Gasteiger partial charge on any atom is 0.276 e. The van der Waals surface area contributed by atoms with Crippen molar-refractivity contribution in [1.82, 2.24) is 4.83 Å². The topological polar surface area (TPSA) is 128 Å². The maximum absolute atomic E-state index is 12.7. The number of nitrogens with one attached hydrogen (secondary N) is 2. The molecule has 0 spiro atoms. The Morgan fingerprint density at radius 3 is 2.20 bits per heavy atom. The van der Waals surface area contributed by atoms with Crippen molar-refractivity contribution in [3.63, 3.8) is 0 Å². The molecule has 0 aromatic heterocycles. The average Bonchev–Trinajstić information content (AvgIpc) is 2.70. The zero-order valence-electron chi connectivity index (χ0n) is 15.9. The summed E-state index contributed by atoms with van der Waals surface area (Å²) in [6.07, 6.45) is 0.